The van der Waals surface area contributed by atoms with Crippen molar-refractivity contribution in [3.8, 4) is 5.69 Å². The number of nitrogens with zero attached hydrogens (tertiary/aromatic N) is 2. The summed E-state index contributed by atoms with van der Waals surface area (Å²) >= 11 is 0. The molecule has 0 aliphatic carbocycles. The van der Waals surface area contributed by atoms with Crippen molar-refractivity contribution in [1.82, 2.24) is 9.55 Å². The Morgan fingerprint density at radius 1 is 0.818 bits per heavy atom. The van der Waals surface area contributed by atoms with Crippen LogP contribution in [0.4, 0.5) is 0 Å². The maximum Gasteiger partial charge on any atom is 0.145 e. The summed E-state index contributed by atoms with van der Waals surface area (Å²) in [5, 5.41) is 5.59. The van der Waals surface area contributed by atoms with Gasteiger partial charge in [-0.05, 0) is 28.6 Å². The van der Waals surface area contributed by atoms with E-state index in [1.165, 1.54) is 32.3 Å². The fourth-order valence-electron chi connectivity index (χ4n) is 3.97. The zero-order valence-electron chi connectivity index (χ0n) is 12.7. The zero-order chi connectivity index (χ0) is 14.9. The zero-order valence-corrected chi connectivity index (χ0v) is 13.7. The van der Waals surface area contributed by atoms with Gasteiger partial charge in [-0.15, -0.1) is 0 Å². The first kappa shape index (κ1) is 12.2. The number of rotatable bonds is 0. The average Bonchev–Trinajstić information content (AvgIpc) is 2.88. The lowest BCUT2D eigenvalue weighted by atomic mass is 10.2. The Hall–Kier alpha value is -2.39. The average molecular weight is 300 g/mol. The smallest absolute Gasteiger partial charge is 0.145 e. The van der Waals surface area contributed by atoms with Gasteiger partial charge in [0.2, 0.25) is 0 Å². The summed E-state index contributed by atoms with van der Waals surface area (Å²) in [6.45, 7) is 4.91. The third-order valence-corrected chi connectivity index (χ3v) is 8.56. The molecule has 106 valence electrons. The maximum absolute atomic E-state index is 4.69. The monoisotopic (exact) mass is 300 g/mol. The highest BCUT2D eigenvalue weighted by Crippen LogP contribution is 2.33. The molecule has 5 rings (SSSR count). The van der Waals surface area contributed by atoms with E-state index in [0.29, 0.717) is 0 Å². The molecular weight excluding hydrogens is 284 g/mol. The van der Waals surface area contributed by atoms with Crippen molar-refractivity contribution in [2.24, 2.45) is 0 Å². The van der Waals surface area contributed by atoms with Crippen LogP contribution in [-0.2, 0) is 0 Å². The molecule has 2 aromatic heterocycles. The summed E-state index contributed by atoms with van der Waals surface area (Å²) in [5.74, 6) is 0. The molecular formula is C19H16N2Si. The molecule has 0 spiro atoms. The van der Waals surface area contributed by atoms with Crippen molar-refractivity contribution in [3.63, 3.8) is 0 Å². The van der Waals surface area contributed by atoms with Crippen LogP contribution in [-0.4, -0.2) is 17.6 Å². The summed E-state index contributed by atoms with van der Waals surface area (Å²) < 4.78 is 2.37. The van der Waals surface area contributed by atoms with Gasteiger partial charge in [-0.25, -0.2) is 4.98 Å². The predicted molar refractivity (Wildman–Crippen MR) is 95.3 cm³/mol. The highest BCUT2D eigenvalue weighted by atomic mass is 28.3. The van der Waals surface area contributed by atoms with Crippen LogP contribution < -0.4 is 10.4 Å². The molecule has 0 saturated carbocycles. The topological polar surface area (TPSA) is 17.8 Å². The van der Waals surface area contributed by atoms with E-state index >= 15 is 0 Å². The molecule has 0 N–H and O–H groups in total. The number of hydrogen-bond donors (Lipinski definition) is 0. The van der Waals surface area contributed by atoms with Crippen LogP contribution in [0.5, 0.6) is 0 Å². The molecule has 3 heteroatoms. The Morgan fingerprint density at radius 2 is 1.59 bits per heavy atom. The molecule has 0 unspecified atom stereocenters. The largest absolute Gasteiger partial charge is 0.294 e. The van der Waals surface area contributed by atoms with E-state index in [0.717, 1.165) is 5.65 Å². The van der Waals surface area contributed by atoms with Gasteiger partial charge >= 0.3 is 0 Å². The van der Waals surface area contributed by atoms with Gasteiger partial charge in [0.25, 0.3) is 0 Å². The van der Waals surface area contributed by atoms with E-state index in [4.69, 9.17) is 0 Å². The summed E-state index contributed by atoms with van der Waals surface area (Å²) in [7, 11) is -1.67. The first-order chi connectivity index (χ1) is 10.7. The van der Waals surface area contributed by atoms with Gasteiger partial charge in [0.05, 0.1) is 5.52 Å². The van der Waals surface area contributed by atoms with Gasteiger partial charge in [0, 0.05) is 22.7 Å². The van der Waals surface area contributed by atoms with Crippen molar-refractivity contribution < 1.29 is 0 Å². The molecule has 2 nitrogen and oxygen atoms in total. The molecule has 3 heterocycles. The van der Waals surface area contributed by atoms with Gasteiger partial charge in [0.1, 0.15) is 13.7 Å². The molecule has 22 heavy (non-hydrogen) atoms. The molecule has 2 aromatic carbocycles. The minimum absolute atomic E-state index is 1.07. The minimum atomic E-state index is -1.67. The quantitative estimate of drug-likeness (QED) is 0.456. The molecule has 1 aliphatic heterocycles. The number of aromatic nitrogens is 2. The van der Waals surface area contributed by atoms with Gasteiger partial charge in [-0.1, -0.05) is 49.5 Å². The molecule has 0 fully saturated rings. The Balaban J connectivity index is 2.15. The second-order valence-corrected chi connectivity index (χ2v) is 10.9. The van der Waals surface area contributed by atoms with Crippen LogP contribution in [0.25, 0.3) is 27.6 Å². The van der Waals surface area contributed by atoms with Crippen LogP contribution in [0.3, 0.4) is 0 Å². The number of benzene rings is 2. The highest BCUT2D eigenvalue weighted by Gasteiger charge is 2.36. The molecule has 0 bridgehead atoms. The Bertz CT molecular complexity index is 1060. The fourth-order valence-corrected chi connectivity index (χ4v) is 6.96. The summed E-state index contributed by atoms with van der Waals surface area (Å²) in [6, 6.07) is 19.8. The van der Waals surface area contributed by atoms with Crippen molar-refractivity contribution in [2.45, 2.75) is 13.1 Å². The Labute approximate surface area is 130 Å². The van der Waals surface area contributed by atoms with Gasteiger partial charge in [0.15, 0.2) is 0 Å². The summed E-state index contributed by atoms with van der Waals surface area (Å²) in [5.41, 5.74) is 3.75. The molecule has 0 atom stereocenters. The SMILES string of the molecule is C[Si]1(C)c2ccccc2-n2c3ncccc3c3cccc1c32. The number of fused-ring (bicyclic) bond motifs is 5. The van der Waals surface area contributed by atoms with Crippen LogP contribution >= 0.6 is 0 Å². The molecule has 0 amide bonds. The van der Waals surface area contributed by atoms with Gasteiger partial charge < -0.3 is 0 Å². The van der Waals surface area contributed by atoms with E-state index in [9.17, 15) is 0 Å². The normalized spacial score (nSPS) is 15.2. The number of pyridine rings is 1. The second-order valence-electron chi connectivity index (χ2n) is 6.55. The van der Waals surface area contributed by atoms with Crippen LogP contribution in [0.15, 0.2) is 60.8 Å². The summed E-state index contributed by atoms with van der Waals surface area (Å²) in [4.78, 5) is 4.69. The molecule has 1 aliphatic rings. The van der Waals surface area contributed by atoms with Crippen molar-refractivity contribution in [3.05, 3.63) is 60.8 Å². The van der Waals surface area contributed by atoms with Crippen molar-refractivity contribution >= 4 is 40.4 Å². The van der Waals surface area contributed by atoms with E-state index < -0.39 is 8.07 Å². The van der Waals surface area contributed by atoms with Crippen molar-refractivity contribution in [2.75, 3.05) is 0 Å². The molecule has 0 saturated heterocycles. The van der Waals surface area contributed by atoms with E-state index in [1.54, 1.807) is 0 Å². The Morgan fingerprint density at radius 3 is 2.50 bits per heavy atom. The maximum atomic E-state index is 4.69. The minimum Gasteiger partial charge on any atom is -0.294 e. The molecule has 4 aromatic rings. The standard InChI is InChI=1S/C19H16N2Si/c1-22(2)16-10-4-3-9-15(16)21-18-13(7-5-11-17(18)22)14-8-6-12-20-19(14)21/h3-12H,1-2H3. The van der Waals surface area contributed by atoms with Crippen LogP contribution in [0, 0.1) is 0 Å². The second kappa shape index (κ2) is 3.87. The first-order valence-electron chi connectivity index (χ1n) is 7.68. The predicted octanol–water partition coefficient (Wildman–Crippen LogP) is 3.31. The fraction of sp³-hybridized carbons (Fsp3) is 0.105. The number of hydrogen-bond acceptors (Lipinski definition) is 1. The van der Waals surface area contributed by atoms with Crippen LogP contribution in [0.1, 0.15) is 0 Å². The van der Waals surface area contributed by atoms with Crippen molar-refractivity contribution in [1.29, 1.82) is 0 Å². The molecule has 0 radical (unpaired) electrons. The lowest BCUT2D eigenvalue weighted by molar-refractivity contribution is 1.14. The summed E-state index contributed by atoms with van der Waals surface area (Å²) in [6.07, 6.45) is 1.89. The van der Waals surface area contributed by atoms with E-state index in [-0.39, 0.29) is 0 Å². The third-order valence-electron chi connectivity index (χ3n) is 5.04. The van der Waals surface area contributed by atoms with Crippen LogP contribution in [0.2, 0.25) is 13.1 Å². The third kappa shape index (κ3) is 1.28. The van der Waals surface area contributed by atoms with E-state index in [2.05, 4.69) is 71.2 Å². The first-order valence-corrected chi connectivity index (χ1v) is 10.7. The van der Waals surface area contributed by atoms with Gasteiger partial charge in [-0.2, -0.15) is 0 Å². The Kier molecular flexibility index (Phi) is 2.14. The van der Waals surface area contributed by atoms with Gasteiger partial charge in [-0.3, -0.25) is 4.57 Å². The number of para-hydroxylation sites is 2. The van der Waals surface area contributed by atoms with E-state index in [1.807, 2.05) is 12.3 Å². The lowest BCUT2D eigenvalue weighted by Gasteiger charge is -2.32. The highest BCUT2D eigenvalue weighted by molar-refractivity contribution is 7.02. The lowest BCUT2D eigenvalue weighted by Crippen LogP contribution is -2.57.